The predicted molar refractivity (Wildman–Crippen MR) is 138 cm³/mol. The number of nitrogens with zero attached hydrogens (tertiary/aromatic N) is 2. The van der Waals surface area contributed by atoms with Gasteiger partial charge in [0.15, 0.2) is 0 Å². The molecule has 1 aromatic heterocycles. The van der Waals surface area contributed by atoms with Crippen LogP contribution in [0.3, 0.4) is 0 Å². The smallest absolute Gasteiger partial charge is 0.251 e. The van der Waals surface area contributed by atoms with Crippen LogP contribution in [0.2, 0.25) is 0 Å². The summed E-state index contributed by atoms with van der Waals surface area (Å²) in [7, 11) is 0. The summed E-state index contributed by atoms with van der Waals surface area (Å²) in [5, 5.41) is 5.63. The van der Waals surface area contributed by atoms with Crippen LogP contribution in [-0.4, -0.2) is 23.5 Å². The van der Waals surface area contributed by atoms with Gasteiger partial charge >= 0.3 is 0 Å². The van der Waals surface area contributed by atoms with E-state index in [-0.39, 0.29) is 18.0 Å². The zero-order chi connectivity index (χ0) is 23.8. The normalized spacial score (nSPS) is 22.9. The number of pyridine rings is 1. The Morgan fingerprint density at radius 2 is 2.06 bits per heavy atom. The van der Waals surface area contributed by atoms with Crippen molar-refractivity contribution in [2.75, 3.05) is 17.0 Å². The van der Waals surface area contributed by atoms with Crippen molar-refractivity contribution in [2.24, 2.45) is 5.92 Å². The molecule has 180 valence electrons. The monoisotopic (exact) mass is 468 g/mol. The van der Waals surface area contributed by atoms with Crippen molar-refractivity contribution in [1.82, 2.24) is 21.2 Å². The third-order valence-corrected chi connectivity index (χ3v) is 7.53. The number of hydrazine groups is 2. The van der Waals surface area contributed by atoms with Crippen molar-refractivity contribution in [3.05, 3.63) is 88.7 Å². The average molecular weight is 469 g/mol. The number of fused-ring (bicyclic) bond motifs is 2. The number of amides is 1. The average Bonchev–Trinajstić information content (AvgIpc) is 3.48. The standard InChI is InChI=1S/C28H32N6O/c1-18-13-20(11-12-29-18)27-24-15-21(9-10-25(24)32-33-27)28(35)31-23-7-4-5-19(14-23)17-34-26-8-3-2-6-22(26)16-30-34/h2-3,6,8-13,15,19,23,27,30,32-33H,4-5,7,14,16-17H2,1H3,(H,31,35). The zero-order valence-electron chi connectivity index (χ0n) is 20.1. The van der Waals surface area contributed by atoms with Gasteiger partial charge in [0.1, 0.15) is 0 Å². The van der Waals surface area contributed by atoms with Gasteiger partial charge in [0.2, 0.25) is 0 Å². The molecule has 3 aliphatic rings. The molecule has 0 radical (unpaired) electrons. The fourth-order valence-electron chi connectivity index (χ4n) is 5.76. The van der Waals surface area contributed by atoms with E-state index in [0.29, 0.717) is 11.5 Å². The van der Waals surface area contributed by atoms with E-state index in [1.54, 1.807) is 0 Å². The molecule has 3 atom stereocenters. The molecule has 4 N–H and O–H groups in total. The van der Waals surface area contributed by atoms with Gasteiger partial charge in [-0.1, -0.05) is 24.6 Å². The van der Waals surface area contributed by atoms with E-state index in [9.17, 15) is 4.79 Å². The minimum Gasteiger partial charge on any atom is -0.349 e. The molecule has 3 aromatic rings. The molecule has 2 aromatic carbocycles. The van der Waals surface area contributed by atoms with Gasteiger partial charge in [-0.25, -0.2) is 10.9 Å². The molecular weight excluding hydrogens is 436 g/mol. The molecule has 1 fully saturated rings. The van der Waals surface area contributed by atoms with E-state index in [2.05, 4.69) is 61.9 Å². The number of benzene rings is 2. The lowest BCUT2D eigenvalue weighted by molar-refractivity contribution is 0.0920. The molecule has 6 rings (SSSR count). The van der Waals surface area contributed by atoms with Crippen LogP contribution in [0.1, 0.15) is 64.5 Å². The van der Waals surface area contributed by atoms with Gasteiger partial charge < -0.3 is 15.8 Å². The Kier molecular flexibility index (Phi) is 5.88. The lowest BCUT2D eigenvalue weighted by atomic mass is 9.85. The Morgan fingerprint density at radius 1 is 1.14 bits per heavy atom. The van der Waals surface area contributed by atoms with Gasteiger partial charge in [-0.05, 0) is 79.6 Å². The van der Waals surface area contributed by atoms with E-state index >= 15 is 0 Å². The maximum atomic E-state index is 13.2. The molecule has 35 heavy (non-hydrogen) atoms. The van der Waals surface area contributed by atoms with Gasteiger partial charge in [-0.15, -0.1) is 0 Å². The second-order valence-electron chi connectivity index (χ2n) is 10.0. The number of carbonyl (C=O) groups is 1. The summed E-state index contributed by atoms with van der Waals surface area (Å²) in [6.45, 7) is 3.87. The largest absolute Gasteiger partial charge is 0.349 e. The summed E-state index contributed by atoms with van der Waals surface area (Å²) in [5.41, 5.74) is 17.7. The Hall–Kier alpha value is -3.42. The number of hydrogen-bond acceptors (Lipinski definition) is 6. The number of anilines is 2. The predicted octanol–water partition coefficient (Wildman–Crippen LogP) is 4.22. The molecular formula is C28H32N6O. The van der Waals surface area contributed by atoms with Gasteiger partial charge in [0.25, 0.3) is 5.91 Å². The summed E-state index contributed by atoms with van der Waals surface area (Å²) in [6, 6.07) is 18.8. The van der Waals surface area contributed by atoms with Crippen LogP contribution in [-0.2, 0) is 6.54 Å². The van der Waals surface area contributed by atoms with Crippen LogP contribution in [0.25, 0.3) is 0 Å². The number of aryl methyl sites for hydroxylation is 1. The minimum atomic E-state index is -0.00523. The van der Waals surface area contributed by atoms with Crippen molar-refractivity contribution in [3.63, 3.8) is 0 Å². The van der Waals surface area contributed by atoms with E-state index in [4.69, 9.17) is 0 Å². The molecule has 1 saturated carbocycles. The number of para-hydroxylation sites is 1. The maximum Gasteiger partial charge on any atom is 0.251 e. The first-order valence-electron chi connectivity index (χ1n) is 12.6. The molecule has 0 bridgehead atoms. The molecule has 7 heteroatoms. The molecule has 7 nitrogen and oxygen atoms in total. The van der Waals surface area contributed by atoms with Crippen molar-refractivity contribution in [2.45, 2.75) is 51.2 Å². The second kappa shape index (κ2) is 9.32. The molecule has 0 saturated heterocycles. The van der Waals surface area contributed by atoms with Crippen LogP contribution in [0.4, 0.5) is 11.4 Å². The Labute approximate surface area is 206 Å². The number of carbonyl (C=O) groups excluding carboxylic acids is 1. The summed E-state index contributed by atoms with van der Waals surface area (Å²) in [5.74, 6) is 0.570. The Morgan fingerprint density at radius 3 is 2.97 bits per heavy atom. The van der Waals surface area contributed by atoms with Gasteiger partial charge in [0.05, 0.1) is 17.4 Å². The van der Waals surface area contributed by atoms with Crippen LogP contribution in [0, 0.1) is 12.8 Å². The first-order valence-corrected chi connectivity index (χ1v) is 12.6. The highest BCUT2D eigenvalue weighted by atomic mass is 16.1. The maximum absolute atomic E-state index is 13.2. The quantitative estimate of drug-likeness (QED) is 0.449. The third kappa shape index (κ3) is 4.49. The lowest BCUT2D eigenvalue weighted by Crippen LogP contribution is -2.43. The van der Waals surface area contributed by atoms with Crippen LogP contribution in [0.15, 0.2) is 60.8 Å². The Bertz CT molecular complexity index is 1240. The van der Waals surface area contributed by atoms with E-state index in [1.165, 1.54) is 17.7 Å². The molecule has 0 spiro atoms. The molecule has 2 aliphatic heterocycles. The van der Waals surface area contributed by atoms with E-state index in [0.717, 1.165) is 54.9 Å². The summed E-state index contributed by atoms with van der Waals surface area (Å²) >= 11 is 0. The number of rotatable bonds is 5. The SMILES string of the molecule is Cc1cc(C2NNc3ccc(C(=O)NC4CCCC(CN5NCc6ccccc65)C4)cc32)ccn1. The number of hydrogen-bond donors (Lipinski definition) is 4. The van der Waals surface area contributed by atoms with Crippen molar-refractivity contribution in [1.29, 1.82) is 0 Å². The number of aromatic nitrogens is 1. The number of nitrogens with one attached hydrogen (secondary N) is 4. The molecule has 3 unspecified atom stereocenters. The van der Waals surface area contributed by atoms with Crippen molar-refractivity contribution >= 4 is 17.3 Å². The third-order valence-electron chi connectivity index (χ3n) is 7.53. The fourth-order valence-corrected chi connectivity index (χ4v) is 5.76. The molecule has 1 aliphatic carbocycles. The summed E-state index contributed by atoms with van der Waals surface area (Å²) < 4.78 is 0. The van der Waals surface area contributed by atoms with E-state index < -0.39 is 0 Å². The lowest BCUT2D eigenvalue weighted by Gasteiger charge is -2.33. The second-order valence-corrected chi connectivity index (χ2v) is 10.0. The summed E-state index contributed by atoms with van der Waals surface area (Å²) in [6.07, 6.45) is 6.23. The fraction of sp³-hybridized carbons (Fsp3) is 0.357. The summed E-state index contributed by atoms with van der Waals surface area (Å²) in [4.78, 5) is 17.5. The van der Waals surface area contributed by atoms with Gasteiger partial charge in [-0.2, -0.15) is 0 Å². The van der Waals surface area contributed by atoms with Gasteiger partial charge in [-0.3, -0.25) is 9.78 Å². The van der Waals surface area contributed by atoms with Crippen molar-refractivity contribution in [3.8, 4) is 0 Å². The molecule has 3 heterocycles. The molecule has 1 amide bonds. The van der Waals surface area contributed by atoms with Gasteiger partial charge in [0, 0.05) is 42.1 Å². The topological polar surface area (TPSA) is 81.3 Å². The van der Waals surface area contributed by atoms with Crippen LogP contribution in [0.5, 0.6) is 0 Å². The highest BCUT2D eigenvalue weighted by molar-refractivity contribution is 5.95. The minimum absolute atomic E-state index is 0.00523. The van der Waals surface area contributed by atoms with Crippen LogP contribution < -0.4 is 26.6 Å². The highest BCUT2D eigenvalue weighted by Gasteiger charge is 2.29. The van der Waals surface area contributed by atoms with E-state index in [1.807, 2.05) is 37.4 Å². The zero-order valence-corrected chi connectivity index (χ0v) is 20.1. The van der Waals surface area contributed by atoms with Crippen LogP contribution >= 0.6 is 0 Å². The van der Waals surface area contributed by atoms with Crippen molar-refractivity contribution < 1.29 is 4.79 Å². The Balaban J connectivity index is 1.11. The first kappa shape index (κ1) is 22.1. The first-order chi connectivity index (χ1) is 17.1. The highest BCUT2D eigenvalue weighted by Crippen LogP contribution is 2.34.